The molecule has 1 atom stereocenters. The number of aliphatic hydroxyl groups is 1. The Kier molecular flexibility index (Phi) is 5.17. The Labute approximate surface area is 144 Å². The molecule has 124 valence electrons. The van der Waals surface area contributed by atoms with Crippen molar-refractivity contribution in [1.82, 2.24) is 15.3 Å². The highest BCUT2D eigenvalue weighted by molar-refractivity contribution is 7.98. The van der Waals surface area contributed by atoms with E-state index in [0.29, 0.717) is 5.56 Å². The van der Waals surface area contributed by atoms with Crippen molar-refractivity contribution < 1.29 is 9.90 Å². The van der Waals surface area contributed by atoms with Gasteiger partial charge in [-0.2, -0.15) is 0 Å². The van der Waals surface area contributed by atoms with Crippen LogP contribution >= 0.6 is 11.8 Å². The number of amides is 1. The first-order valence-corrected chi connectivity index (χ1v) is 8.72. The molecule has 1 heterocycles. The number of H-pyrrole nitrogens is 1. The lowest BCUT2D eigenvalue weighted by Crippen LogP contribution is -2.34. The van der Waals surface area contributed by atoms with E-state index < -0.39 is 0 Å². The summed E-state index contributed by atoms with van der Waals surface area (Å²) >= 11 is 1.63. The fraction of sp³-hybridized carbons (Fsp3) is 0.222. The van der Waals surface area contributed by atoms with Gasteiger partial charge < -0.3 is 15.4 Å². The molecular formula is C18H19N3O2S. The zero-order valence-electron chi connectivity index (χ0n) is 13.3. The van der Waals surface area contributed by atoms with E-state index >= 15 is 0 Å². The molecule has 0 aliphatic heterocycles. The van der Waals surface area contributed by atoms with Crippen molar-refractivity contribution in [1.29, 1.82) is 0 Å². The van der Waals surface area contributed by atoms with E-state index in [0.717, 1.165) is 27.5 Å². The normalized spacial score (nSPS) is 12.2. The molecule has 0 saturated heterocycles. The lowest BCUT2D eigenvalue weighted by Gasteiger charge is -2.10. The molecule has 0 fully saturated rings. The number of thioether (sulfide) groups is 1. The Hall–Kier alpha value is -2.31. The standard InChI is InChI=1S/C18H19N3O2S/c1-12(10-22)19-17(23)14-8-6-13(7-9-14)11-24-18-20-15-4-2-3-5-16(15)21-18/h2-9,12,22H,10-11H2,1H3,(H,19,23)(H,20,21). The molecule has 24 heavy (non-hydrogen) atoms. The lowest BCUT2D eigenvalue weighted by atomic mass is 10.1. The molecule has 5 nitrogen and oxygen atoms in total. The van der Waals surface area contributed by atoms with Crippen LogP contribution in [0.3, 0.4) is 0 Å². The van der Waals surface area contributed by atoms with E-state index in [4.69, 9.17) is 5.11 Å². The first-order valence-electron chi connectivity index (χ1n) is 7.74. The molecule has 0 saturated carbocycles. The number of carbonyl (C=O) groups excluding carboxylic acids is 1. The average Bonchev–Trinajstić information content (AvgIpc) is 3.03. The van der Waals surface area contributed by atoms with Crippen molar-refractivity contribution in [3.63, 3.8) is 0 Å². The summed E-state index contributed by atoms with van der Waals surface area (Å²) in [5, 5.41) is 12.6. The highest BCUT2D eigenvalue weighted by Crippen LogP contribution is 2.23. The Morgan fingerprint density at radius 3 is 2.71 bits per heavy atom. The molecule has 2 aromatic carbocycles. The molecule has 3 rings (SSSR count). The van der Waals surface area contributed by atoms with Gasteiger partial charge in [-0.15, -0.1) is 0 Å². The molecule has 0 aliphatic carbocycles. The monoisotopic (exact) mass is 341 g/mol. The summed E-state index contributed by atoms with van der Waals surface area (Å²) in [5.41, 5.74) is 3.70. The van der Waals surface area contributed by atoms with Crippen molar-refractivity contribution in [2.75, 3.05) is 6.61 Å². The molecule has 1 amide bonds. The number of hydrogen-bond donors (Lipinski definition) is 3. The summed E-state index contributed by atoms with van der Waals surface area (Å²) in [4.78, 5) is 19.8. The predicted octanol–water partition coefficient (Wildman–Crippen LogP) is 2.97. The molecular weight excluding hydrogens is 322 g/mol. The summed E-state index contributed by atoms with van der Waals surface area (Å²) < 4.78 is 0. The fourth-order valence-electron chi connectivity index (χ4n) is 2.25. The molecule has 3 N–H and O–H groups in total. The second kappa shape index (κ2) is 7.51. The van der Waals surface area contributed by atoms with E-state index in [2.05, 4.69) is 15.3 Å². The van der Waals surface area contributed by atoms with Gasteiger partial charge in [0.05, 0.1) is 17.6 Å². The maximum atomic E-state index is 12.0. The summed E-state index contributed by atoms with van der Waals surface area (Å²) in [6.45, 7) is 1.69. The Bertz CT molecular complexity index is 797. The smallest absolute Gasteiger partial charge is 0.251 e. The molecule has 0 radical (unpaired) electrons. The third-order valence-electron chi connectivity index (χ3n) is 3.61. The Morgan fingerprint density at radius 2 is 2.00 bits per heavy atom. The van der Waals surface area contributed by atoms with Crippen LogP contribution < -0.4 is 5.32 Å². The SMILES string of the molecule is CC(CO)NC(=O)c1ccc(CSc2nc3ccccc3[nH]2)cc1. The molecule has 0 aliphatic rings. The molecule has 1 unspecified atom stereocenters. The quantitative estimate of drug-likeness (QED) is 0.602. The van der Waals surface area contributed by atoms with Gasteiger partial charge in [0, 0.05) is 17.4 Å². The van der Waals surface area contributed by atoms with Crippen molar-refractivity contribution in [2.24, 2.45) is 0 Å². The number of benzene rings is 2. The van der Waals surface area contributed by atoms with Crippen molar-refractivity contribution in [3.8, 4) is 0 Å². The van der Waals surface area contributed by atoms with Gasteiger partial charge in [0.2, 0.25) is 0 Å². The number of carbonyl (C=O) groups is 1. The van der Waals surface area contributed by atoms with Crippen molar-refractivity contribution in [3.05, 3.63) is 59.7 Å². The Balaban J connectivity index is 1.60. The number of para-hydroxylation sites is 2. The van der Waals surface area contributed by atoms with E-state index in [1.807, 2.05) is 36.4 Å². The number of nitrogens with zero attached hydrogens (tertiary/aromatic N) is 1. The largest absolute Gasteiger partial charge is 0.394 e. The molecule has 6 heteroatoms. The van der Waals surface area contributed by atoms with Crippen molar-refractivity contribution >= 4 is 28.7 Å². The van der Waals surface area contributed by atoms with Gasteiger partial charge in [-0.3, -0.25) is 4.79 Å². The van der Waals surface area contributed by atoms with Crippen LogP contribution in [0.5, 0.6) is 0 Å². The lowest BCUT2D eigenvalue weighted by molar-refractivity contribution is 0.0922. The highest BCUT2D eigenvalue weighted by Gasteiger charge is 2.09. The van der Waals surface area contributed by atoms with Crippen LogP contribution in [0.25, 0.3) is 11.0 Å². The third-order valence-corrected chi connectivity index (χ3v) is 4.56. The molecule has 0 bridgehead atoms. The minimum Gasteiger partial charge on any atom is -0.394 e. The minimum atomic E-state index is -0.249. The topological polar surface area (TPSA) is 78.0 Å². The van der Waals surface area contributed by atoms with Gasteiger partial charge in [0.25, 0.3) is 5.91 Å². The number of imidazole rings is 1. The zero-order valence-corrected chi connectivity index (χ0v) is 14.1. The van der Waals surface area contributed by atoms with Crippen LogP contribution in [0.15, 0.2) is 53.7 Å². The zero-order chi connectivity index (χ0) is 16.9. The first-order chi connectivity index (χ1) is 11.7. The highest BCUT2D eigenvalue weighted by atomic mass is 32.2. The number of fused-ring (bicyclic) bond motifs is 1. The number of hydrogen-bond acceptors (Lipinski definition) is 4. The van der Waals surface area contributed by atoms with Gasteiger partial charge in [-0.05, 0) is 36.8 Å². The number of rotatable bonds is 6. The van der Waals surface area contributed by atoms with Gasteiger partial charge in [0.1, 0.15) is 0 Å². The number of aromatic nitrogens is 2. The average molecular weight is 341 g/mol. The van der Waals surface area contributed by atoms with Gasteiger partial charge in [-0.25, -0.2) is 4.98 Å². The van der Waals surface area contributed by atoms with Crippen LogP contribution in [-0.4, -0.2) is 33.6 Å². The van der Waals surface area contributed by atoms with E-state index in [-0.39, 0.29) is 18.6 Å². The van der Waals surface area contributed by atoms with Crippen LogP contribution in [0, 0.1) is 0 Å². The summed E-state index contributed by atoms with van der Waals surface area (Å²) in [7, 11) is 0. The molecule has 0 spiro atoms. The van der Waals surface area contributed by atoms with E-state index in [1.165, 1.54) is 0 Å². The Morgan fingerprint density at radius 1 is 1.25 bits per heavy atom. The van der Waals surface area contributed by atoms with Gasteiger partial charge >= 0.3 is 0 Å². The number of aromatic amines is 1. The minimum absolute atomic E-state index is 0.0715. The second-order valence-corrected chi connectivity index (χ2v) is 6.57. The maximum absolute atomic E-state index is 12.0. The molecule has 1 aromatic heterocycles. The van der Waals surface area contributed by atoms with Crippen molar-refractivity contribution in [2.45, 2.75) is 23.9 Å². The predicted molar refractivity (Wildman–Crippen MR) is 96.1 cm³/mol. The number of aliphatic hydroxyl groups excluding tert-OH is 1. The van der Waals surface area contributed by atoms with Gasteiger partial charge in [0.15, 0.2) is 5.16 Å². The first kappa shape index (κ1) is 16.5. The summed E-state index contributed by atoms with van der Waals surface area (Å²) in [6, 6.07) is 15.2. The second-order valence-electron chi connectivity index (χ2n) is 5.60. The van der Waals surface area contributed by atoms with Crippen LogP contribution in [0.4, 0.5) is 0 Å². The van der Waals surface area contributed by atoms with E-state index in [9.17, 15) is 4.79 Å². The summed E-state index contributed by atoms with van der Waals surface area (Å²) in [6.07, 6.45) is 0. The molecule has 3 aromatic rings. The van der Waals surface area contributed by atoms with Crippen LogP contribution in [-0.2, 0) is 5.75 Å². The van der Waals surface area contributed by atoms with Gasteiger partial charge in [-0.1, -0.05) is 36.0 Å². The fourth-order valence-corrected chi connectivity index (χ4v) is 3.10. The van der Waals surface area contributed by atoms with Crippen LogP contribution in [0.2, 0.25) is 0 Å². The van der Waals surface area contributed by atoms with Crippen LogP contribution in [0.1, 0.15) is 22.8 Å². The summed E-state index contributed by atoms with van der Waals surface area (Å²) in [5.74, 6) is 0.599. The third kappa shape index (κ3) is 3.96. The number of nitrogens with one attached hydrogen (secondary N) is 2. The van der Waals surface area contributed by atoms with E-state index in [1.54, 1.807) is 30.8 Å². The maximum Gasteiger partial charge on any atom is 0.251 e.